The zero-order valence-electron chi connectivity index (χ0n) is 15.1. The number of halogens is 3. The summed E-state index contributed by atoms with van der Waals surface area (Å²) in [6.45, 7) is 3.55. The number of aromatic nitrogens is 3. The first-order valence-corrected chi connectivity index (χ1v) is 8.38. The van der Waals surface area contributed by atoms with E-state index in [0.717, 1.165) is 12.8 Å². The van der Waals surface area contributed by atoms with Crippen LogP contribution < -0.4 is 10.1 Å². The maximum absolute atomic E-state index is 12.6. The number of hydrogen-bond acceptors (Lipinski definition) is 6. The van der Waals surface area contributed by atoms with Crippen molar-refractivity contribution in [3.8, 4) is 5.75 Å². The second-order valence-electron chi connectivity index (χ2n) is 7.00. The van der Waals surface area contributed by atoms with Crippen molar-refractivity contribution < 1.29 is 27.2 Å². The lowest BCUT2D eigenvalue weighted by atomic mass is 10.0. The van der Waals surface area contributed by atoms with Gasteiger partial charge in [0.05, 0.1) is 5.54 Å². The molecule has 1 amide bonds. The Kier molecular flexibility index (Phi) is 4.83. The monoisotopic (exact) mass is 384 g/mol. The summed E-state index contributed by atoms with van der Waals surface area (Å²) >= 11 is 0. The van der Waals surface area contributed by atoms with Gasteiger partial charge in [-0.2, -0.15) is 18.2 Å². The molecular formula is C17H19F3N4O3. The largest absolute Gasteiger partial charge is 0.484 e. The molecule has 2 heterocycles. The van der Waals surface area contributed by atoms with E-state index in [4.69, 9.17) is 9.26 Å². The lowest BCUT2D eigenvalue weighted by Gasteiger charge is -2.22. The van der Waals surface area contributed by atoms with Gasteiger partial charge in [0.25, 0.3) is 5.91 Å². The van der Waals surface area contributed by atoms with Crippen molar-refractivity contribution in [3.05, 3.63) is 35.2 Å². The molecule has 2 aromatic rings. The Balaban J connectivity index is 1.80. The number of nitrogens with one attached hydrogen (secondary N) is 1. The number of rotatable bonds is 6. The van der Waals surface area contributed by atoms with Gasteiger partial charge in [0, 0.05) is 24.8 Å². The van der Waals surface area contributed by atoms with Crippen molar-refractivity contribution in [3.63, 3.8) is 0 Å². The number of nitrogens with zero attached hydrogens (tertiary/aromatic N) is 3. The van der Waals surface area contributed by atoms with Gasteiger partial charge in [-0.25, -0.2) is 0 Å². The standard InChI is InChI=1S/C17H19F3N4O3/c1-9-22-15(24-27-9)16(2,3)23-14(25)12-6-13(26-8-17(18,19)20)11(7-21-12)10-4-5-10/h6-7,10H,4-5,8H2,1-3H3,(H,23,25). The summed E-state index contributed by atoms with van der Waals surface area (Å²) in [5.74, 6) is 0.194. The number of amides is 1. The summed E-state index contributed by atoms with van der Waals surface area (Å²) in [7, 11) is 0. The molecular weight excluding hydrogens is 365 g/mol. The van der Waals surface area contributed by atoms with Crippen LogP contribution in [-0.2, 0) is 5.54 Å². The van der Waals surface area contributed by atoms with Crippen LogP contribution in [-0.4, -0.2) is 33.8 Å². The molecule has 1 saturated carbocycles. The van der Waals surface area contributed by atoms with E-state index in [9.17, 15) is 18.0 Å². The molecule has 1 fully saturated rings. The average Bonchev–Trinajstić information content (AvgIpc) is 3.31. The predicted octanol–water partition coefficient (Wildman–Crippen LogP) is 3.26. The maximum Gasteiger partial charge on any atom is 0.422 e. The van der Waals surface area contributed by atoms with Crippen molar-refractivity contribution in [2.75, 3.05) is 6.61 Å². The van der Waals surface area contributed by atoms with Crippen molar-refractivity contribution in [1.82, 2.24) is 20.4 Å². The maximum atomic E-state index is 12.6. The third-order valence-corrected chi connectivity index (χ3v) is 4.05. The molecule has 0 saturated heterocycles. The highest BCUT2D eigenvalue weighted by Gasteiger charge is 2.33. The number of alkyl halides is 3. The number of carbonyl (C=O) groups excluding carboxylic acids is 1. The van der Waals surface area contributed by atoms with Crippen molar-refractivity contribution in [2.45, 2.75) is 51.2 Å². The normalized spacial score (nSPS) is 14.9. The molecule has 0 radical (unpaired) electrons. The Morgan fingerprint density at radius 2 is 2.07 bits per heavy atom. The van der Waals surface area contributed by atoms with Crippen LogP contribution in [0.2, 0.25) is 0 Å². The second-order valence-corrected chi connectivity index (χ2v) is 7.00. The van der Waals surface area contributed by atoms with E-state index in [-0.39, 0.29) is 23.2 Å². The molecule has 27 heavy (non-hydrogen) atoms. The van der Waals surface area contributed by atoms with Crippen LogP contribution in [0.3, 0.4) is 0 Å². The van der Waals surface area contributed by atoms with Crippen LogP contribution in [0.15, 0.2) is 16.8 Å². The highest BCUT2D eigenvalue weighted by Crippen LogP contribution is 2.44. The average molecular weight is 384 g/mol. The molecule has 1 N–H and O–H groups in total. The Morgan fingerprint density at radius 1 is 1.37 bits per heavy atom. The van der Waals surface area contributed by atoms with E-state index in [1.54, 1.807) is 20.8 Å². The fourth-order valence-corrected chi connectivity index (χ4v) is 2.51. The number of hydrogen-bond donors (Lipinski definition) is 1. The second kappa shape index (κ2) is 6.82. The summed E-state index contributed by atoms with van der Waals surface area (Å²) in [6.07, 6.45) is -1.34. The molecule has 7 nitrogen and oxygen atoms in total. The molecule has 0 spiro atoms. The third-order valence-electron chi connectivity index (χ3n) is 4.05. The number of aryl methyl sites for hydroxylation is 1. The molecule has 3 rings (SSSR count). The molecule has 1 aliphatic carbocycles. The number of carbonyl (C=O) groups is 1. The van der Waals surface area contributed by atoms with Crippen molar-refractivity contribution >= 4 is 5.91 Å². The minimum atomic E-state index is -4.47. The van der Waals surface area contributed by atoms with Crippen molar-refractivity contribution in [1.29, 1.82) is 0 Å². The minimum absolute atomic E-state index is 0.0307. The molecule has 146 valence electrons. The molecule has 0 bridgehead atoms. The SMILES string of the molecule is Cc1nc(C(C)(C)NC(=O)c2cc(OCC(F)(F)F)c(C3CC3)cn2)no1. The Bertz CT molecular complexity index is 844. The molecule has 0 aliphatic heterocycles. The van der Waals surface area contributed by atoms with E-state index in [2.05, 4.69) is 20.4 Å². The first kappa shape index (κ1) is 19.1. The van der Waals surface area contributed by atoms with E-state index in [1.165, 1.54) is 12.3 Å². The van der Waals surface area contributed by atoms with E-state index in [0.29, 0.717) is 11.5 Å². The van der Waals surface area contributed by atoms with Gasteiger partial charge in [-0.05, 0) is 32.6 Å². The van der Waals surface area contributed by atoms with E-state index in [1.807, 2.05) is 0 Å². The molecule has 0 aromatic carbocycles. The van der Waals surface area contributed by atoms with Crippen LogP contribution in [0.4, 0.5) is 13.2 Å². The van der Waals surface area contributed by atoms with E-state index >= 15 is 0 Å². The summed E-state index contributed by atoms with van der Waals surface area (Å²) in [5.41, 5.74) is -0.424. The molecule has 10 heteroatoms. The molecule has 1 aliphatic rings. The fourth-order valence-electron chi connectivity index (χ4n) is 2.51. The van der Waals surface area contributed by atoms with Crippen LogP contribution in [0.25, 0.3) is 0 Å². The summed E-state index contributed by atoms with van der Waals surface area (Å²) in [5, 5.41) is 6.48. The third kappa shape index (κ3) is 4.75. The first-order valence-electron chi connectivity index (χ1n) is 8.38. The van der Waals surface area contributed by atoms with Crippen LogP contribution in [0.1, 0.15) is 60.4 Å². The van der Waals surface area contributed by atoms with Gasteiger partial charge in [0.1, 0.15) is 11.4 Å². The predicted molar refractivity (Wildman–Crippen MR) is 87.3 cm³/mol. The topological polar surface area (TPSA) is 90.1 Å². The fraction of sp³-hybridized carbons (Fsp3) is 0.529. The summed E-state index contributed by atoms with van der Waals surface area (Å²) < 4.78 is 47.4. The quantitative estimate of drug-likeness (QED) is 0.822. The van der Waals surface area contributed by atoms with Crippen LogP contribution in [0.5, 0.6) is 5.75 Å². The number of ether oxygens (including phenoxy) is 1. The number of pyridine rings is 1. The molecule has 0 unspecified atom stereocenters. The minimum Gasteiger partial charge on any atom is -0.484 e. The van der Waals surface area contributed by atoms with Crippen LogP contribution >= 0.6 is 0 Å². The van der Waals surface area contributed by atoms with Gasteiger partial charge in [-0.3, -0.25) is 9.78 Å². The highest BCUT2D eigenvalue weighted by atomic mass is 19.4. The Hall–Kier alpha value is -2.65. The van der Waals surface area contributed by atoms with Gasteiger partial charge in [0.15, 0.2) is 12.4 Å². The molecule has 2 aromatic heterocycles. The van der Waals surface area contributed by atoms with Gasteiger partial charge in [-0.15, -0.1) is 0 Å². The van der Waals surface area contributed by atoms with Gasteiger partial charge >= 0.3 is 6.18 Å². The Labute approximate surface area is 153 Å². The zero-order chi connectivity index (χ0) is 19.8. The Morgan fingerprint density at radius 3 is 2.63 bits per heavy atom. The molecule has 0 atom stereocenters. The zero-order valence-corrected chi connectivity index (χ0v) is 15.1. The lowest BCUT2D eigenvalue weighted by molar-refractivity contribution is -0.153. The van der Waals surface area contributed by atoms with Crippen molar-refractivity contribution in [2.24, 2.45) is 0 Å². The van der Waals surface area contributed by atoms with Gasteiger partial charge < -0.3 is 14.6 Å². The first-order chi connectivity index (χ1) is 12.5. The van der Waals surface area contributed by atoms with Gasteiger partial charge in [0.2, 0.25) is 5.89 Å². The highest BCUT2D eigenvalue weighted by molar-refractivity contribution is 5.93. The summed E-state index contributed by atoms with van der Waals surface area (Å²) in [6, 6.07) is 1.24. The lowest BCUT2D eigenvalue weighted by Crippen LogP contribution is -2.42. The smallest absolute Gasteiger partial charge is 0.422 e. The van der Waals surface area contributed by atoms with Crippen LogP contribution in [0, 0.1) is 6.92 Å². The summed E-state index contributed by atoms with van der Waals surface area (Å²) in [4.78, 5) is 20.7. The van der Waals surface area contributed by atoms with E-state index < -0.39 is 24.2 Å². The van der Waals surface area contributed by atoms with Gasteiger partial charge in [-0.1, -0.05) is 5.16 Å².